The van der Waals surface area contributed by atoms with Crippen LogP contribution < -0.4 is 5.32 Å². The molecule has 1 aliphatic carbocycles. The van der Waals surface area contributed by atoms with Crippen LogP contribution >= 0.6 is 23.2 Å². The number of rotatable bonds is 5. The highest BCUT2D eigenvalue weighted by Gasteiger charge is 2.60. The van der Waals surface area contributed by atoms with E-state index in [0.717, 1.165) is 25.7 Å². The Morgan fingerprint density at radius 1 is 1.05 bits per heavy atom. The molecule has 2 aromatic carbocycles. The number of aliphatic carboxylic acids is 2. The van der Waals surface area contributed by atoms with E-state index in [4.69, 9.17) is 33.1 Å². The molecule has 4 atom stereocenters. The summed E-state index contributed by atoms with van der Waals surface area (Å²) < 4.78 is 47.0. The second kappa shape index (κ2) is 12.5. The van der Waals surface area contributed by atoms with E-state index in [-0.39, 0.29) is 10.6 Å². The lowest BCUT2D eigenvalue weighted by atomic mass is 9.63. The van der Waals surface area contributed by atoms with Gasteiger partial charge >= 0.3 is 18.1 Å². The molecule has 6 nitrogen and oxygen atoms in total. The topological polar surface area (TPSA) is 110 Å². The molecule has 1 saturated heterocycles. The summed E-state index contributed by atoms with van der Waals surface area (Å²) in [6, 6.07) is 12.3. The van der Waals surface area contributed by atoms with Crippen LogP contribution in [0.1, 0.15) is 55.6 Å². The number of halogens is 6. The fourth-order valence-corrected chi connectivity index (χ4v) is 5.96. The Labute approximate surface area is 232 Å². The number of hydrogen-bond acceptors (Lipinski definition) is 4. The number of nitrogens with one attached hydrogen (secondary N) is 1. The number of carboxylic acid groups (broad SMARTS) is 2. The second-order valence-electron chi connectivity index (χ2n) is 9.69. The molecule has 4 unspecified atom stereocenters. The van der Waals surface area contributed by atoms with E-state index in [9.17, 15) is 28.3 Å². The van der Waals surface area contributed by atoms with Gasteiger partial charge in [0.2, 0.25) is 0 Å². The maximum atomic E-state index is 15.3. The first-order valence-corrected chi connectivity index (χ1v) is 13.0. The highest BCUT2D eigenvalue weighted by Crippen LogP contribution is 2.51. The summed E-state index contributed by atoms with van der Waals surface area (Å²) in [7, 11) is 0. The minimum Gasteiger partial charge on any atom is -0.480 e. The van der Waals surface area contributed by atoms with Gasteiger partial charge in [-0.25, -0.2) is 9.18 Å². The number of carbonyl (C=O) groups is 2. The van der Waals surface area contributed by atoms with Crippen molar-refractivity contribution in [3.8, 4) is 6.07 Å². The van der Waals surface area contributed by atoms with E-state index in [1.54, 1.807) is 30.3 Å². The van der Waals surface area contributed by atoms with Crippen molar-refractivity contribution in [1.29, 1.82) is 5.26 Å². The second-order valence-corrected chi connectivity index (χ2v) is 10.5. The average molecular weight is 589 g/mol. The third-order valence-corrected chi connectivity index (χ3v) is 7.92. The molecule has 12 heteroatoms. The van der Waals surface area contributed by atoms with Crippen molar-refractivity contribution in [2.45, 2.75) is 68.1 Å². The van der Waals surface area contributed by atoms with Crippen LogP contribution in [0.4, 0.5) is 17.6 Å². The fraction of sp³-hybridized carbons (Fsp3) is 0.444. The maximum Gasteiger partial charge on any atom is 0.490 e. The maximum absolute atomic E-state index is 15.3. The Balaban J connectivity index is 0.000000532. The van der Waals surface area contributed by atoms with Crippen molar-refractivity contribution in [2.75, 3.05) is 0 Å². The minimum absolute atomic E-state index is 0.0923. The zero-order valence-corrected chi connectivity index (χ0v) is 22.0. The van der Waals surface area contributed by atoms with E-state index in [2.05, 4.69) is 11.4 Å². The minimum atomic E-state index is -5.08. The summed E-state index contributed by atoms with van der Waals surface area (Å²) in [5, 5.41) is 31.5. The molecular formula is C27H26Cl2F4N2O4. The third kappa shape index (κ3) is 6.65. The van der Waals surface area contributed by atoms with Gasteiger partial charge in [0.25, 0.3) is 0 Å². The number of benzene rings is 2. The molecule has 4 rings (SSSR count). The van der Waals surface area contributed by atoms with Crippen molar-refractivity contribution >= 4 is 35.1 Å². The van der Waals surface area contributed by atoms with E-state index in [0.29, 0.717) is 22.9 Å². The van der Waals surface area contributed by atoms with Crippen molar-refractivity contribution < 1.29 is 37.4 Å². The van der Waals surface area contributed by atoms with E-state index in [1.807, 2.05) is 0 Å². The van der Waals surface area contributed by atoms with Crippen molar-refractivity contribution in [1.82, 2.24) is 5.32 Å². The van der Waals surface area contributed by atoms with Gasteiger partial charge in [-0.1, -0.05) is 79.6 Å². The molecule has 2 aromatic rings. The Morgan fingerprint density at radius 3 is 2.15 bits per heavy atom. The van der Waals surface area contributed by atoms with Crippen molar-refractivity contribution in [2.24, 2.45) is 5.92 Å². The smallest absolute Gasteiger partial charge is 0.480 e. The molecule has 0 radical (unpaired) electrons. The number of nitriles is 1. The Hall–Kier alpha value is -2.87. The van der Waals surface area contributed by atoms with Crippen LogP contribution in [0.5, 0.6) is 0 Å². The highest BCUT2D eigenvalue weighted by atomic mass is 35.5. The first-order chi connectivity index (χ1) is 18.3. The molecule has 0 aromatic heterocycles. The van der Waals surface area contributed by atoms with Gasteiger partial charge in [0, 0.05) is 17.0 Å². The molecular weight excluding hydrogens is 563 g/mol. The molecule has 1 saturated carbocycles. The van der Waals surface area contributed by atoms with Gasteiger partial charge in [-0.05, 0) is 41.7 Å². The molecule has 2 aliphatic rings. The zero-order chi connectivity index (χ0) is 29.0. The predicted molar refractivity (Wildman–Crippen MR) is 136 cm³/mol. The van der Waals surface area contributed by atoms with Gasteiger partial charge in [0.1, 0.15) is 17.3 Å². The molecule has 3 N–H and O–H groups in total. The van der Waals surface area contributed by atoms with Crippen LogP contribution in [0.3, 0.4) is 0 Å². The molecule has 210 valence electrons. The SMILES string of the molecule is N#CC1(c2ccc(Cl)cc2)C(CC2CCCCC2)NC(C(=O)O)C1c1cccc(Cl)c1F.O=C(O)C(F)(F)F. The molecule has 0 spiro atoms. The third-order valence-electron chi connectivity index (χ3n) is 7.38. The standard InChI is InChI=1S/C25H25Cl2FN2O2.C2HF3O2/c26-17-11-9-16(10-12-17)25(14-29)20(13-15-5-2-1-3-6-15)30-23(24(31)32)21(25)18-7-4-8-19(27)22(18)28;3-2(4,5)1(6)7/h4,7-12,15,20-21,23,30H,1-3,5-6,13H2,(H,31,32);(H,6,7). The fourth-order valence-electron chi connectivity index (χ4n) is 5.65. The lowest BCUT2D eigenvalue weighted by Gasteiger charge is -2.36. The van der Waals surface area contributed by atoms with Gasteiger partial charge in [-0.2, -0.15) is 18.4 Å². The van der Waals surface area contributed by atoms with Gasteiger partial charge in [0.05, 0.1) is 11.1 Å². The zero-order valence-electron chi connectivity index (χ0n) is 20.5. The van der Waals surface area contributed by atoms with Gasteiger partial charge < -0.3 is 10.2 Å². The van der Waals surface area contributed by atoms with E-state index < -0.39 is 47.3 Å². The summed E-state index contributed by atoms with van der Waals surface area (Å²) >= 11 is 12.2. The molecule has 39 heavy (non-hydrogen) atoms. The van der Waals surface area contributed by atoms with Crippen LogP contribution in [-0.2, 0) is 15.0 Å². The first kappa shape index (κ1) is 30.7. The van der Waals surface area contributed by atoms with Crippen LogP contribution in [0, 0.1) is 23.1 Å². The summed E-state index contributed by atoms with van der Waals surface area (Å²) in [4.78, 5) is 21.3. The molecule has 1 heterocycles. The summed E-state index contributed by atoms with van der Waals surface area (Å²) in [5.74, 6) is -5.13. The highest BCUT2D eigenvalue weighted by molar-refractivity contribution is 6.31. The van der Waals surface area contributed by atoms with Gasteiger partial charge in [-0.3, -0.25) is 10.1 Å². The average Bonchev–Trinajstić information content (AvgIpc) is 3.21. The lowest BCUT2D eigenvalue weighted by Crippen LogP contribution is -2.43. The number of nitrogens with zero attached hydrogens (tertiary/aromatic N) is 1. The molecule has 0 amide bonds. The van der Waals surface area contributed by atoms with Gasteiger partial charge in [0.15, 0.2) is 0 Å². The Bertz CT molecular complexity index is 1230. The largest absolute Gasteiger partial charge is 0.490 e. The quantitative estimate of drug-likeness (QED) is 0.335. The predicted octanol–water partition coefficient (Wildman–Crippen LogP) is 6.71. The number of hydrogen-bond donors (Lipinski definition) is 3. The Morgan fingerprint density at radius 2 is 1.64 bits per heavy atom. The summed E-state index contributed by atoms with van der Waals surface area (Å²) in [5.41, 5.74) is -0.526. The first-order valence-electron chi connectivity index (χ1n) is 12.2. The van der Waals surface area contributed by atoms with Crippen LogP contribution in [0.2, 0.25) is 10.0 Å². The summed E-state index contributed by atoms with van der Waals surface area (Å²) in [6.45, 7) is 0. The van der Waals surface area contributed by atoms with Crippen LogP contribution in [0.15, 0.2) is 42.5 Å². The number of carboxylic acids is 2. The van der Waals surface area contributed by atoms with Crippen molar-refractivity contribution in [3.05, 3.63) is 69.5 Å². The molecule has 1 aliphatic heterocycles. The van der Waals surface area contributed by atoms with Gasteiger partial charge in [-0.15, -0.1) is 0 Å². The summed E-state index contributed by atoms with van der Waals surface area (Å²) in [6.07, 6.45) is 1.13. The van der Waals surface area contributed by atoms with Crippen LogP contribution in [-0.4, -0.2) is 40.4 Å². The normalized spacial score (nSPS) is 25.3. The lowest BCUT2D eigenvalue weighted by molar-refractivity contribution is -0.192. The number of alkyl halides is 3. The molecule has 2 fully saturated rings. The van der Waals surface area contributed by atoms with E-state index in [1.165, 1.54) is 18.6 Å². The van der Waals surface area contributed by atoms with Crippen LogP contribution in [0.25, 0.3) is 0 Å². The monoisotopic (exact) mass is 588 g/mol. The Kier molecular flexibility index (Phi) is 9.86. The van der Waals surface area contributed by atoms with Crippen molar-refractivity contribution in [3.63, 3.8) is 0 Å². The molecule has 0 bridgehead atoms. The van der Waals surface area contributed by atoms with E-state index >= 15 is 4.39 Å².